The molecule has 3 aromatic rings. The third-order valence-corrected chi connectivity index (χ3v) is 3.74. The Hall–Kier alpha value is -2.82. The number of nitrogens with one attached hydrogen (secondary N) is 1. The molecule has 0 aliphatic rings. The summed E-state index contributed by atoms with van der Waals surface area (Å²) in [5, 5.41) is 3.54. The summed E-state index contributed by atoms with van der Waals surface area (Å²) in [5.41, 5.74) is 8.30. The number of nitrogens with two attached hydrogens (primary N) is 1. The fourth-order valence-electron chi connectivity index (χ4n) is 2.41. The minimum absolute atomic E-state index is 0.0239. The molecule has 5 nitrogen and oxygen atoms in total. The molecular formula is C17H17N3O2. The maximum absolute atomic E-state index is 12.2. The molecule has 3 N–H and O–H groups in total. The Morgan fingerprint density at radius 1 is 1.18 bits per heavy atom. The van der Waals surface area contributed by atoms with Crippen LogP contribution in [0.1, 0.15) is 24.1 Å². The summed E-state index contributed by atoms with van der Waals surface area (Å²) in [6.07, 6.45) is 0. The third-order valence-electron chi connectivity index (χ3n) is 3.74. The van der Waals surface area contributed by atoms with Crippen LogP contribution in [0.3, 0.4) is 0 Å². The van der Waals surface area contributed by atoms with Crippen molar-refractivity contribution in [1.82, 2.24) is 4.98 Å². The monoisotopic (exact) mass is 295 g/mol. The minimum atomic E-state index is -0.433. The van der Waals surface area contributed by atoms with Crippen LogP contribution in [0.4, 0.5) is 11.7 Å². The topological polar surface area (TPSA) is 81.2 Å². The number of aryl methyl sites for hydroxylation is 1. The van der Waals surface area contributed by atoms with Crippen LogP contribution in [0.2, 0.25) is 0 Å². The Labute approximate surface area is 127 Å². The first-order valence-electron chi connectivity index (χ1n) is 7.07. The molecule has 0 saturated heterocycles. The van der Waals surface area contributed by atoms with Gasteiger partial charge in [0.05, 0.1) is 16.9 Å². The number of nitrogen functional groups attached to an aromatic ring is 1. The van der Waals surface area contributed by atoms with Crippen molar-refractivity contribution in [2.45, 2.75) is 19.9 Å². The smallest absolute Gasteiger partial charge is 0.348 e. The van der Waals surface area contributed by atoms with Gasteiger partial charge in [0, 0.05) is 5.69 Å². The second-order valence-corrected chi connectivity index (χ2v) is 5.26. The van der Waals surface area contributed by atoms with Gasteiger partial charge in [-0.25, -0.2) is 4.79 Å². The van der Waals surface area contributed by atoms with Crippen LogP contribution in [0.15, 0.2) is 51.7 Å². The van der Waals surface area contributed by atoms with Gasteiger partial charge in [-0.2, -0.15) is 4.98 Å². The molecule has 3 rings (SSSR count). The van der Waals surface area contributed by atoms with Gasteiger partial charge < -0.3 is 15.5 Å². The highest BCUT2D eigenvalue weighted by atomic mass is 16.4. The van der Waals surface area contributed by atoms with Crippen LogP contribution in [-0.2, 0) is 0 Å². The second-order valence-electron chi connectivity index (χ2n) is 5.26. The molecule has 1 atom stereocenters. The summed E-state index contributed by atoms with van der Waals surface area (Å²) in [7, 11) is 0. The van der Waals surface area contributed by atoms with E-state index < -0.39 is 5.63 Å². The standard InChI is InChI=1S/C17H17N3O2/c1-10-13(18)8-9-14-15(10)16(21)22-17(20-14)19-11(2)12-6-4-3-5-7-12/h3-9,11H,18H2,1-2H3,(H,19,20). The van der Waals surface area contributed by atoms with Crippen molar-refractivity contribution in [3.05, 3.63) is 64.0 Å². The lowest BCUT2D eigenvalue weighted by Gasteiger charge is -2.14. The molecule has 1 unspecified atom stereocenters. The van der Waals surface area contributed by atoms with Crippen LogP contribution in [0.5, 0.6) is 0 Å². The zero-order chi connectivity index (χ0) is 15.7. The second kappa shape index (κ2) is 5.52. The third kappa shape index (κ3) is 2.53. The van der Waals surface area contributed by atoms with E-state index in [-0.39, 0.29) is 12.1 Å². The van der Waals surface area contributed by atoms with Gasteiger partial charge in [-0.15, -0.1) is 0 Å². The predicted octanol–water partition coefficient (Wildman–Crippen LogP) is 3.25. The van der Waals surface area contributed by atoms with Crippen molar-refractivity contribution < 1.29 is 4.42 Å². The molecule has 0 saturated carbocycles. The van der Waals surface area contributed by atoms with E-state index in [9.17, 15) is 4.79 Å². The maximum Gasteiger partial charge on any atom is 0.348 e. The summed E-state index contributed by atoms with van der Waals surface area (Å²) in [6, 6.07) is 13.5. The van der Waals surface area contributed by atoms with Crippen LogP contribution in [-0.4, -0.2) is 4.98 Å². The van der Waals surface area contributed by atoms with E-state index >= 15 is 0 Å². The van der Waals surface area contributed by atoms with Crippen LogP contribution >= 0.6 is 0 Å². The van der Waals surface area contributed by atoms with Gasteiger partial charge in [0.2, 0.25) is 0 Å². The molecular weight excluding hydrogens is 278 g/mol. The molecule has 22 heavy (non-hydrogen) atoms. The number of hydrogen-bond acceptors (Lipinski definition) is 5. The first-order valence-corrected chi connectivity index (χ1v) is 7.07. The molecule has 0 spiro atoms. The van der Waals surface area contributed by atoms with E-state index in [1.807, 2.05) is 37.3 Å². The molecule has 2 aromatic carbocycles. The predicted molar refractivity (Wildman–Crippen MR) is 87.9 cm³/mol. The lowest BCUT2D eigenvalue weighted by Crippen LogP contribution is -2.12. The SMILES string of the molecule is Cc1c(N)ccc2nc(NC(C)c3ccccc3)oc(=O)c12. The van der Waals surface area contributed by atoms with Crippen molar-refractivity contribution >= 4 is 22.6 Å². The van der Waals surface area contributed by atoms with Crippen molar-refractivity contribution in [1.29, 1.82) is 0 Å². The molecule has 5 heteroatoms. The molecule has 0 bridgehead atoms. The Bertz CT molecular complexity index is 872. The Morgan fingerprint density at radius 2 is 1.91 bits per heavy atom. The highest BCUT2D eigenvalue weighted by molar-refractivity contribution is 5.85. The van der Waals surface area contributed by atoms with Crippen LogP contribution in [0.25, 0.3) is 10.9 Å². The molecule has 0 amide bonds. The number of nitrogens with zero attached hydrogens (tertiary/aromatic N) is 1. The van der Waals surface area contributed by atoms with E-state index in [4.69, 9.17) is 10.2 Å². The summed E-state index contributed by atoms with van der Waals surface area (Å²) >= 11 is 0. The van der Waals surface area contributed by atoms with E-state index in [1.165, 1.54) is 0 Å². The Morgan fingerprint density at radius 3 is 2.64 bits per heavy atom. The number of fused-ring (bicyclic) bond motifs is 1. The number of anilines is 2. The molecule has 1 aromatic heterocycles. The lowest BCUT2D eigenvalue weighted by atomic mass is 10.1. The fraction of sp³-hybridized carbons (Fsp3) is 0.176. The Balaban J connectivity index is 1.99. The van der Waals surface area contributed by atoms with Crippen LogP contribution in [0, 0.1) is 6.92 Å². The highest BCUT2D eigenvalue weighted by Crippen LogP contribution is 2.22. The first-order chi connectivity index (χ1) is 10.6. The zero-order valence-corrected chi connectivity index (χ0v) is 12.5. The first kappa shape index (κ1) is 14.1. The lowest BCUT2D eigenvalue weighted by molar-refractivity contribution is 0.510. The summed E-state index contributed by atoms with van der Waals surface area (Å²) in [6.45, 7) is 3.77. The van der Waals surface area contributed by atoms with E-state index in [2.05, 4.69) is 10.3 Å². The molecule has 0 aliphatic carbocycles. The minimum Gasteiger partial charge on any atom is -0.398 e. The highest BCUT2D eigenvalue weighted by Gasteiger charge is 2.12. The number of rotatable bonds is 3. The van der Waals surface area contributed by atoms with Crippen molar-refractivity contribution in [2.75, 3.05) is 11.1 Å². The summed E-state index contributed by atoms with van der Waals surface area (Å²) < 4.78 is 5.29. The summed E-state index contributed by atoms with van der Waals surface area (Å²) in [5.74, 6) is 0. The quantitative estimate of drug-likeness (QED) is 0.725. The van der Waals surface area contributed by atoms with Gasteiger partial charge in [-0.05, 0) is 37.1 Å². The molecule has 0 fully saturated rings. The van der Waals surface area contributed by atoms with Gasteiger partial charge in [0.25, 0.3) is 6.01 Å². The molecule has 0 radical (unpaired) electrons. The largest absolute Gasteiger partial charge is 0.398 e. The fourth-order valence-corrected chi connectivity index (χ4v) is 2.41. The Kier molecular flexibility index (Phi) is 3.55. The molecule has 112 valence electrons. The molecule has 0 aliphatic heterocycles. The van der Waals surface area contributed by atoms with Crippen molar-refractivity contribution in [3.63, 3.8) is 0 Å². The van der Waals surface area contributed by atoms with Gasteiger partial charge in [0.15, 0.2) is 0 Å². The van der Waals surface area contributed by atoms with Gasteiger partial charge >= 0.3 is 5.63 Å². The number of hydrogen-bond donors (Lipinski definition) is 2. The number of benzene rings is 2. The molecule has 1 heterocycles. The van der Waals surface area contributed by atoms with E-state index in [0.717, 1.165) is 5.56 Å². The average Bonchev–Trinajstić information content (AvgIpc) is 2.51. The van der Waals surface area contributed by atoms with Crippen LogP contribution < -0.4 is 16.7 Å². The van der Waals surface area contributed by atoms with Gasteiger partial charge in [-0.1, -0.05) is 30.3 Å². The average molecular weight is 295 g/mol. The van der Waals surface area contributed by atoms with E-state index in [1.54, 1.807) is 19.1 Å². The van der Waals surface area contributed by atoms with Crippen molar-refractivity contribution in [3.8, 4) is 0 Å². The summed E-state index contributed by atoms with van der Waals surface area (Å²) in [4.78, 5) is 16.6. The maximum atomic E-state index is 12.2. The number of aromatic nitrogens is 1. The van der Waals surface area contributed by atoms with Crippen molar-refractivity contribution in [2.24, 2.45) is 0 Å². The van der Waals surface area contributed by atoms with Gasteiger partial charge in [-0.3, -0.25) is 0 Å². The zero-order valence-electron chi connectivity index (χ0n) is 12.5. The van der Waals surface area contributed by atoms with Gasteiger partial charge in [0.1, 0.15) is 0 Å². The van der Waals surface area contributed by atoms with E-state index in [0.29, 0.717) is 22.2 Å². The normalized spacial score (nSPS) is 12.3.